The minimum atomic E-state index is -0.256. The van der Waals surface area contributed by atoms with Crippen molar-refractivity contribution in [1.29, 1.82) is 0 Å². The van der Waals surface area contributed by atoms with Gasteiger partial charge in [0, 0.05) is 18.3 Å². The highest BCUT2D eigenvalue weighted by Gasteiger charge is 2.04. The van der Waals surface area contributed by atoms with Crippen LogP contribution in [-0.4, -0.2) is 17.7 Å². The van der Waals surface area contributed by atoms with Gasteiger partial charge in [-0.1, -0.05) is 0 Å². The number of nitrogens with one attached hydrogen (secondary N) is 2. The fourth-order valence-corrected chi connectivity index (χ4v) is 1.33. The molecule has 0 spiro atoms. The van der Waals surface area contributed by atoms with Crippen LogP contribution in [0.2, 0.25) is 0 Å². The molecular formula is C11H13ClN2O2. The zero-order valence-corrected chi connectivity index (χ0v) is 9.89. The number of halogens is 1. The molecule has 0 bridgehead atoms. The summed E-state index contributed by atoms with van der Waals surface area (Å²) in [5.74, 6) is -0.457. The first kappa shape index (κ1) is 12.5. The summed E-state index contributed by atoms with van der Waals surface area (Å²) in [6.45, 7) is 3.30. The molecule has 0 unspecified atom stereocenters. The summed E-state index contributed by atoms with van der Waals surface area (Å²) in [4.78, 5) is 21.9. The van der Waals surface area contributed by atoms with Crippen LogP contribution in [-0.2, 0) is 9.59 Å². The number of carbonyl (C=O) groups is 2. The minimum Gasteiger partial charge on any atom is -0.326 e. The monoisotopic (exact) mass is 240 g/mol. The molecular weight excluding hydrogens is 228 g/mol. The second-order valence-corrected chi connectivity index (χ2v) is 3.66. The van der Waals surface area contributed by atoms with E-state index in [0.717, 1.165) is 11.3 Å². The molecule has 1 aromatic carbocycles. The van der Waals surface area contributed by atoms with Crippen LogP contribution in [0.4, 0.5) is 11.4 Å². The highest BCUT2D eigenvalue weighted by molar-refractivity contribution is 6.29. The normalized spacial score (nSPS) is 9.69. The van der Waals surface area contributed by atoms with Gasteiger partial charge in [0.1, 0.15) is 5.88 Å². The van der Waals surface area contributed by atoms with Crippen molar-refractivity contribution in [2.45, 2.75) is 13.8 Å². The van der Waals surface area contributed by atoms with Crippen molar-refractivity contribution in [2.24, 2.45) is 0 Å². The zero-order valence-electron chi connectivity index (χ0n) is 9.13. The van der Waals surface area contributed by atoms with Gasteiger partial charge in [-0.3, -0.25) is 9.59 Å². The Labute approximate surface area is 99.0 Å². The molecule has 0 fully saturated rings. The lowest BCUT2D eigenvalue weighted by atomic mass is 10.1. The van der Waals surface area contributed by atoms with Crippen LogP contribution in [0.5, 0.6) is 0 Å². The zero-order chi connectivity index (χ0) is 12.1. The van der Waals surface area contributed by atoms with E-state index in [2.05, 4.69) is 10.6 Å². The van der Waals surface area contributed by atoms with Crippen LogP contribution >= 0.6 is 11.6 Å². The summed E-state index contributed by atoms with van der Waals surface area (Å²) in [5.41, 5.74) is 2.27. The molecule has 0 saturated heterocycles. The smallest absolute Gasteiger partial charge is 0.239 e. The van der Waals surface area contributed by atoms with Gasteiger partial charge < -0.3 is 10.6 Å². The molecule has 1 aromatic rings. The van der Waals surface area contributed by atoms with Gasteiger partial charge in [0.2, 0.25) is 11.8 Å². The standard InChI is InChI=1S/C11H13ClN2O2/c1-7-5-9(14-11(16)6-12)3-4-10(7)13-8(2)15/h3-5H,6H2,1-2H3,(H,13,15)(H,14,16). The van der Waals surface area contributed by atoms with Gasteiger partial charge in [-0.05, 0) is 30.7 Å². The van der Waals surface area contributed by atoms with Crippen molar-refractivity contribution in [3.63, 3.8) is 0 Å². The summed E-state index contributed by atoms with van der Waals surface area (Å²) in [5, 5.41) is 5.32. The lowest BCUT2D eigenvalue weighted by Crippen LogP contribution is -2.13. The third-order valence-electron chi connectivity index (χ3n) is 1.94. The highest BCUT2D eigenvalue weighted by atomic mass is 35.5. The molecule has 4 nitrogen and oxygen atoms in total. The molecule has 2 N–H and O–H groups in total. The number of benzene rings is 1. The third-order valence-corrected chi connectivity index (χ3v) is 2.18. The highest BCUT2D eigenvalue weighted by Crippen LogP contribution is 2.19. The van der Waals surface area contributed by atoms with E-state index in [9.17, 15) is 9.59 Å². The van der Waals surface area contributed by atoms with E-state index < -0.39 is 0 Å². The maximum atomic E-state index is 11.0. The van der Waals surface area contributed by atoms with Crippen LogP contribution in [0.3, 0.4) is 0 Å². The van der Waals surface area contributed by atoms with Crippen molar-refractivity contribution in [3.8, 4) is 0 Å². The molecule has 0 saturated carbocycles. The lowest BCUT2D eigenvalue weighted by Gasteiger charge is -2.09. The lowest BCUT2D eigenvalue weighted by molar-refractivity contribution is -0.114. The maximum Gasteiger partial charge on any atom is 0.239 e. The predicted molar refractivity (Wildman–Crippen MR) is 64.8 cm³/mol. The Hall–Kier alpha value is -1.55. The number of hydrogen-bond donors (Lipinski definition) is 2. The van der Waals surface area contributed by atoms with Gasteiger partial charge in [-0.2, -0.15) is 0 Å². The van der Waals surface area contributed by atoms with Gasteiger partial charge in [-0.25, -0.2) is 0 Å². The number of carbonyl (C=O) groups excluding carboxylic acids is 2. The van der Waals surface area contributed by atoms with Crippen molar-refractivity contribution < 1.29 is 9.59 Å². The molecule has 86 valence electrons. The average Bonchev–Trinajstić information content (AvgIpc) is 2.21. The Kier molecular flexibility index (Phi) is 4.31. The number of alkyl halides is 1. The number of anilines is 2. The predicted octanol–water partition coefficient (Wildman–Crippen LogP) is 2.13. The van der Waals surface area contributed by atoms with E-state index in [1.165, 1.54) is 6.92 Å². The Bertz CT molecular complexity index is 418. The van der Waals surface area contributed by atoms with Gasteiger partial charge in [0.15, 0.2) is 0 Å². The molecule has 5 heteroatoms. The van der Waals surface area contributed by atoms with E-state index in [4.69, 9.17) is 11.6 Å². The van der Waals surface area contributed by atoms with Crippen molar-refractivity contribution in [3.05, 3.63) is 23.8 Å². The van der Waals surface area contributed by atoms with Gasteiger partial charge in [0.25, 0.3) is 0 Å². The first-order valence-electron chi connectivity index (χ1n) is 4.77. The molecule has 0 aliphatic rings. The molecule has 0 aliphatic heterocycles. The van der Waals surface area contributed by atoms with Gasteiger partial charge in [-0.15, -0.1) is 11.6 Å². The molecule has 2 amide bonds. The number of amides is 2. The third kappa shape index (κ3) is 3.55. The SMILES string of the molecule is CC(=O)Nc1ccc(NC(=O)CCl)cc1C. The maximum absolute atomic E-state index is 11.0. The molecule has 0 aliphatic carbocycles. The molecule has 16 heavy (non-hydrogen) atoms. The Morgan fingerprint density at radius 1 is 1.31 bits per heavy atom. The summed E-state index contributed by atoms with van der Waals surface area (Å²) in [6.07, 6.45) is 0. The topological polar surface area (TPSA) is 58.2 Å². The van der Waals surface area contributed by atoms with Gasteiger partial charge >= 0.3 is 0 Å². The molecule has 0 aromatic heterocycles. The van der Waals surface area contributed by atoms with E-state index in [1.54, 1.807) is 18.2 Å². The summed E-state index contributed by atoms with van der Waals surface area (Å²) >= 11 is 5.37. The number of rotatable bonds is 3. The van der Waals surface area contributed by atoms with Crippen LogP contribution in [0.1, 0.15) is 12.5 Å². The van der Waals surface area contributed by atoms with Crippen LogP contribution < -0.4 is 10.6 Å². The van der Waals surface area contributed by atoms with Crippen LogP contribution in [0.15, 0.2) is 18.2 Å². The number of aryl methyl sites for hydroxylation is 1. The van der Waals surface area contributed by atoms with Crippen molar-refractivity contribution in [1.82, 2.24) is 0 Å². The fraction of sp³-hybridized carbons (Fsp3) is 0.273. The summed E-state index contributed by atoms with van der Waals surface area (Å²) < 4.78 is 0. The second-order valence-electron chi connectivity index (χ2n) is 3.39. The fourth-order valence-electron chi connectivity index (χ4n) is 1.27. The van der Waals surface area contributed by atoms with E-state index >= 15 is 0 Å². The Morgan fingerprint density at radius 2 is 2.00 bits per heavy atom. The van der Waals surface area contributed by atoms with E-state index in [-0.39, 0.29) is 17.7 Å². The quantitative estimate of drug-likeness (QED) is 0.796. The molecule has 0 atom stereocenters. The summed E-state index contributed by atoms with van der Waals surface area (Å²) in [7, 11) is 0. The summed E-state index contributed by atoms with van der Waals surface area (Å²) in [6, 6.07) is 5.22. The van der Waals surface area contributed by atoms with Gasteiger partial charge in [0.05, 0.1) is 0 Å². The van der Waals surface area contributed by atoms with Crippen molar-refractivity contribution >= 4 is 34.8 Å². The van der Waals surface area contributed by atoms with E-state index in [1.807, 2.05) is 6.92 Å². The molecule has 0 radical (unpaired) electrons. The Balaban J connectivity index is 2.82. The molecule has 0 heterocycles. The van der Waals surface area contributed by atoms with Crippen LogP contribution in [0, 0.1) is 6.92 Å². The average molecular weight is 241 g/mol. The second kappa shape index (κ2) is 5.51. The number of hydrogen-bond acceptors (Lipinski definition) is 2. The Morgan fingerprint density at radius 3 is 2.50 bits per heavy atom. The minimum absolute atomic E-state index is 0.0769. The van der Waals surface area contributed by atoms with Crippen LogP contribution in [0.25, 0.3) is 0 Å². The molecule has 1 rings (SSSR count). The van der Waals surface area contributed by atoms with Crippen molar-refractivity contribution in [2.75, 3.05) is 16.5 Å². The largest absolute Gasteiger partial charge is 0.326 e. The van der Waals surface area contributed by atoms with E-state index in [0.29, 0.717) is 5.69 Å². The first-order chi connectivity index (χ1) is 7.52. The first-order valence-corrected chi connectivity index (χ1v) is 5.30.